The molecule has 0 aliphatic carbocycles. The van der Waals surface area contributed by atoms with Crippen molar-refractivity contribution in [2.45, 2.75) is 38.9 Å². The molecule has 7 nitrogen and oxygen atoms in total. The van der Waals surface area contributed by atoms with E-state index in [1.165, 1.54) is 4.90 Å². The number of halogens is 3. The molecular formula is C17H22F3N3O4. The van der Waals surface area contributed by atoms with Crippen LogP contribution in [-0.4, -0.2) is 58.0 Å². The van der Waals surface area contributed by atoms with Crippen LogP contribution in [0.15, 0.2) is 6.20 Å². The first-order valence-corrected chi connectivity index (χ1v) is 8.64. The van der Waals surface area contributed by atoms with Crippen molar-refractivity contribution in [2.75, 3.05) is 26.3 Å². The van der Waals surface area contributed by atoms with E-state index in [4.69, 9.17) is 4.74 Å². The van der Waals surface area contributed by atoms with Crippen molar-refractivity contribution in [3.8, 4) is 0 Å². The Morgan fingerprint density at radius 3 is 2.52 bits per heavy atom. The second-order valence-corrected chi connectivity index (χ2v) is 8.16. The Hall–Kier alpha value is -2.10. The molecule has 150 valence electrons. The summed E-state index contributed by atoms with van der Waals surface area (Å²) in [4.78, 5) is 25.9. The molecule has 27 heavy (non-hydrogen) atoms. The van der Waals surface area contributed by atoms with E-state index in [1.807, 2.05) is 0 Å². The fraction of sp³-hybridized carbons (Fsp3) is 0.706. The smallest absolute Gasteiger partial charge is 0.433 e. The first kappa shape index (κ1) is 19.7. The van der Waals surface area contributed by atoms with E-state index in [0.717, 1.165) is 10.9 Å². The number of likely N-dealkylation sites (tertiary alicyclic amines) is 1. The summed E-state index contributed by atoms with van der Waals surface area (Å²) in [5.41, 5.74) is -3.82. The maximum Gasteiger partial charge on any atom is 0.433 e. The lowest BCUT2D eigenvalue weighted by Crippen LogP contribution is -2.45. The number of aliphatic carboxylic acids is 1. The topological polar surface area (TPSA) is 84.7 Å². The van der Waals surface area contributed by atoms with Gasteiger partial charge in [-0.05, 0) is 27.2 Å². The van der Waals surface area contributed by atoms with Crippen molar-refractivity contribution < 1.29 is 32.6 Å². The number of hydrogen-bond acceptors (Lipinski definition) is 4. The number of carboxylic acids is 1. The normalized spacial score (nSPS) is 26.1. The molecule has 0 spiro atoms. The SMILES string of the molecule is CC(C)(C)n1ncc(C(=O)N2C[C@H]3COCC[C@@]3(C(=O)O)C2)c1C(F)(F)F. The molecule has 1 aromatic rings. The molecule has 0 radical (unpaired) electrons. The Morgan fingerprint density at radius 2 is 2.00 bits per heavy atom. The van der Waals surface area contributed by atoms with Gasteiger partial charge in [0, 0.05) is 25.6 Å². The van der Waals surface area contributed by atoms with E-state index in [9.17, 15) is 27.9 Å². The summed E-state index contributed by atoms with van der Waals surface area (Å²) in [5, 5.41) is 13.5. The van der Waals surface area contributed by atoms with Crippen LogP contribution >= 0.6 is 0 Å². The molecule has 0 saturated carbocycles. The molecular weight excluding hydrogens is 367 g/mol. The average Bonchev–Trinajstić information content (AvgIpc) is 3.16. The van der Waals surface area contributed by atoms with E-state index in [1.54, 1.807) is 20.8 Å². The monoisotopic (exact) mass is 389 g/mol. The first-order chi connectivity index (χ1) is 12.4. The summed E-state index contributed by atoms with van der Waals surface area (Å²) in [6, 6.07) is 0. The molecule has 1 amide bonds. The van der Waals surface area contributed by atoms with Gasteiger partial charge >= 0.3 is 12.1 Å². The van der Waals surface area contributed by atoms with Crippen LogP contribution in [0.1, 0.15) is 43.2 Å². The largest absolute Gasteiger partial charge is 0.481 e. The molecule has 2 saturated heterocycles. The Labute approximate surface area is 154 Å². The van der Waals surface area contributed by atoms with Crippen LogP contribution in [0.4, 0.5) is 13.2 Å². The standard InChI is InChI=1S/C17H22F3N3O4/c1-15(2,3)23-12(17(18,19)20)11(6-21-23)13(24)22-7-10-8-27-5-4-16(10,9-22)14(25)26/h6,10H,4-5,7-9H2,1-3H3,(H,25,26)/t10-,16+/m0/s1. The van der Waals surface area contributed by atoms with Gasteiger partial charge in [0.1, 0.15) is 0 Å². The van der Waals surface area contributed by atoms with Crippen LogP contribution in [0.3, 0.4) is 0 Å². The summed E-state index contributed by atoms with van der Waals surface area (Å²) in [6.07, 6.45) is -3.62. The number of rotatable bonds is 2. The van der Waals surface area contributed by atoms with Gasteiger partial charge < -0.3 is 14.7 Å². The molecule has 10 heteroatoms. The highest BCUT2D eigenvalue weighted by Gasteiger charge is 2.55. The minimum absolute atomic E-state index is 0.0448. The van der Waals surface area contributed by atoms with Gasteiger partial charge in [-0.1, -0.05) is 0 Å². The van der Waals surface area contributed by atoms with E-state index < -0.39 is 46.2 Å². The number of fused-ring (bicyclic) bond motifs is 1. The van der Waals surface area contributed by atoms with Crippen molar-refractivity contribution in [1.29, 1.82) is 0 Å². The third-order valence-electron chi connectivity index (χ3n) is 5.32. The molecule has 3 heterocycles. The number of carbonyl (C=O) groups excluding carboxylic acids is 1. The summed E-state index contributed by atoms with van der Waals surface area (Å²) in [6.45, 7) is 5.01. The summed E-state index contributed by atoms with van der Waals surface area (Å²) >= 11 is 0. The number of carboxylic acid groups (broad SMARTS) is 1. The number of alkyl halides is 3. The van der Waals surface area contributed by atoms with Crippen molar-refractivity contribution in [1.82, 2.24) is 14.7 Å². The molecule has 2 aliphatic heterocycles. The predicted molar refractivity (Wildman–Crippen MR) is 87.1 cm³/mol. The van der Waals surface area contributed by atoms with Crippen LogP contribution in [0.25, 0.3) is 0 Å². The Morgan fingerprint density at radius 1 is 1.33 bits per heavy atom. The Kier molecular flexibility index (Phi) is 4.53. The van der Waals surface area contributed by atoms with Gasteiger partial charge in [-0.2, -0.15) is 18.3 Å². The summed E-state index contributed by atoms with van der Waals surface area (Å²) < 4.78 is 47.1. The van der Waals surface area contributed by atoms with Crippen molar-refractivity contribution in [3.05, 3.63) is 17.5 Å². The highest BCUT2D eigenvalue weighted by molar-refractivity contribution is 5.96. The summed E-state index contributed by atoms with van der Waals surface area (Å²) in [5.74, 6) is -2.35. The van der Waals surface area contributed by atoms with Gasteiger partial charge in [0.05, 0.1) is 29.3 Å². The minimum Gasteiger partial charge on any atom is -0.481 e. The van der Waals surface area contributed by atoms with Crippen LogP contribution in [0, 0.1) is 11.3 Å². The number of ether oxygens (including phenoxy) is 1. The fourth-order valence-corrected chi connectivity index (χ4v) is 3.91. The minimum atomic E-state index is -4.77. The molecule has 2 fully saturated rings. The third-order valence-corrected chi connectivity index (χ3v) is 5.32. The molecule has 0 bridgehead atoms. The Bertz CT molecular complexity index is 768. The zero-order valence-electron chi connectivity index (χ0n) is 15.3. The number of carbonyl (C=O) groups is 2. The van der Waals surface area contributed by atoms with Gasteiger partial charge in [0.25, 0.3) is 5.91 Å². The van der Waals surface area contributed by atoms with Gasteiger partial charge in [0.2, 0.25) is 0 Å². The van der Waals surface area contributed by atoms with E-state index in [2.05, 4.69) is 5.10 Å². The number of nitrogens with zero attached hydrogens (tertiary/aromatic N) is 3. The van der Waals surface area contributed by atoms with Crippen LogP contribution < -0.4 is 0 Å². The average molecular weight is 389 g/mol. The van der Waals surface area contributed by atoms with Gasteiger partial charge in [-0.3, -0.25) is 14.3 Å². The summed E-state index contributed by atoms with van der Waals surface area (Å²) in [7, 11) is 0. The second-order valence-electron chi connectivity index (χ2n) is 8.16. The Balaban J connectivity index is 1.98. The molecule has 2 aliphatic rings. The fourth-order valence-electron chi connectivity index (χ4n) is 3.91. The van der Waals surface area contributed by atoms with Crippen LogP contribution in [-0.2, 0) is 21.2 Å². The highest BCUT2D eigenvalue weighted by atomic mass is 19.4. The predicted octanol–water partition coefficient (Wildman–Crippen LogP) is 2.22. The second kappa shape index (κ2) is 6.22. The maximum atomic E-state index is 13.7. The van der Waals surface area contributed by atoms with Crippen molar-refractivity contribution >= 4 is 11.9 Å². The van der Waals surface area contributed by atoms with Crippen LogP contribution in [0.5, 0.6) is 0 Å². The highest BCUT2D eigenvalue weighted by Crippen LogP contribution is 2.43. The maximum absolute atomic E-state index is 13.7. The first-order valence-electron chi connectivity index (χ1n) is 8.64. The molecule has 2 atom stereocenters. The van der Waals surface area contributed by atoms with Crippen molar-refractivity contribution in [2.24, 2.45) is 11.3 Å². The molecule has 1 N–H and O–H groups in total. The molecule has 1 aromatic heterocycles. The van der Waals surface area contributed by atoms with E-state index in [-0.39, 0.29) is 32.7 Å². The van der Waals surface area contributed by atoms with Crippen LogP contribution in [0.2, 0.25) is 0 Å². The van der Waals surface area contributed by atoms with E-state index >= 15 is 0 Å². The van der Waals surface area contributed by atoms with Gasteiger partial charge in [0.15, 0.2) is 5.69 Å². The lowest BCUT2D eigenvalue weighted by Gasteiger charge is -2.33. The number of amides is 1. The van der Waals surface area contributed by atoms with Gasteiger partial charge in [-0.15, -0.1) is 0 Å². The van der Waals surface area contributed by atoms with Gasteiger partial charge in [-0.25, -0.2) is 0 Å². The number of hydrogen-bond donors (Lipinski definition) is 1. The molecule has 0 unspecified atom stereocenters. The van der Waals surface area contributed by atoms with Crippen molar-refractivity contribution in [3.63, 3.8) is 0 Å². The molecule has 0 aromatic carbocycles. The lowest BCUT2D eigenvalue weighted by atomic mass is 9.74. The zero-order valence-corrected chi connectivity index (χ0v) is 15.3. The van der Waals surface area contributed by atoms with E-state index in [0.29, 0.717) is 0 Å². The molecule has 3 rings (SSSR count). The third kappa shape index (κ3) is 3.19. The lowest BCUT2D eigenvalue weighted by molar-refractivity contribution is -0.157. The zero-order chi connectivity index (χ0) is 20.2. The number of aromatic nitrogens is 2. The quantitative estimate of drug-likeness (QED) is 0.839.